The summed E-state index contributed by atoms with van der Waals surface area (Å²) in [5.41, 5.74) is 7.30. The second kappa shape index (κ2) is 6.76. The molecule has 2 atom stereocenters. The summed E-state index contributed by atoms with van der Waals surface area (Å²) in [5, 5.41) is 1.09. The summed E-state index contributed by atoms with van der Waals surface area (Å²) in [6.45, 7) is 3.16. The van der Waals surface area contributed by atoms with E-state index in [-0.39, 0.29) is 23.7 Å². The van der Waals surface area contributed by atoms with Gasteiger partial charge in [-0.3, -0.25) is 9.59 Å². The highest BCUT2D eigenvalue weighted by Gasteiger charge is 2.43. The number of hydrogen-bond donors (Lipinski definition) is 2. The van der Waals surface area contributed by atoms with Gasteiger partial charge in [0.05, 0.1) is 5.92 Å². The standard InChI is InChI=1S/C20H26N4O2/c1-23-8-5-13(6-9-23)16-11-24(12-17(16)19(21)25)20(26)15-3-2-14-4-7-22-18(14)10-15/h2-4,7,10,13,16-17,22H,5-6,8-9,11-12H2,1H3,(H2,21,25). The van der Waals surface area contributed by atoms with Crippen molar-refractivity contribution in [1.29, 1.82) is 0 Å². The fourth-order valence-electron chi connectivity index (χ4n) is 4.59. The lowest BCUT2D eigenvalue weighted by atomic mass is 9.78. The van der Waals surface area contributed by atoms with Crippen LogP contribution in [0.1, 0.15) is 23.2 Å². The van der Waals surface area contributed by atoms with Crippen molar-refractivity contribution in [2.75, 3.05) is 33.2 Å². The number of aromatic amines is 1. The number of primary amides is 1. The van der Waals surface area contributed by atoms with Gasteiger partial charge in [-0.25, -0.2) is 0 Å². The molecule has 2 fully saturated rings. The number of likely N-dealkylation sites (tertiary alicyclic amines) is 2. The fourth-order valence-corrected chi connectivity index (χ4v) is 4.59. The van der Waals surface area contributed by atoms with E-state index >= 15 is 0 Å². The topological polar surface area (TPSA) is 82.4 Å². The van der Waals surface area contributed by atoms with Crippen LogP contribution in [0.4, 0.5) is 0 Å². The van der Waals surface area contributed by atoms with Crippen LogP contribution in [0, 0.1) is 17.8 Å². The minimum absolute atomic E-state index is 0.0109. The van der Waals surface area contributed by atoms with Crippen molar-refractivity contribution in [2.45, 2.75) is 12.8 Å². The van der Waals surface area contributed by atoms with Gasteiger partial charge in [0.15, 0.2) is 0 Å². The summed E-state index contributed by atoms with van der Waals surface area (Å²) in [4.78, 5) is 32.3. The van der Waals surface area contributed by atoms with Gasteiger partial charge in [0.2, 0.25) is 5.91 Å². The molecule has 138 valence electrons. The third-order valence-electron chi connectivity index (χ3n) is 6.19. The normalized spacial score (nSPS) is 25.0. The van der Waals surface area contributed by atoms with Crippen molar-refractivity contribution >= 4 is 22.7 Å². The molecule has 0 saturated carbocycles. The van der Waals surface area contributed by atoms with Crippen LogP contribution in [-0.4, -0.2) is 59.8 Å². The van der Waals surface area contributed by atoms with E-state index in [2.05, 4.69) is 16.9 Å². The Bertz CT molecular complexity index is 822. The molecule has 3 N–H and O–H groups in total. The van der Waals surface area contributed by atoms with E-state index in [1.54, 1.807) is 0 Å². The van der Waals surface area contributed by atoms with E-state index in [0.717, 1.165) is 36.8 Å². The van der Waals surface area contributed by atoms with Gasteiger partial charge in [-0.05, 0) is 68.4 Å². The number of carbonyl (C=O) groups excluding carboxylic acids is 2. The Kier molecular flexibility index (Phi) is 4.44. The largest absolute Gasteiger partial charge is 0.369 e. The Morgan fingerprint density at radius 2 is 1.92 bits per heavy atom. The van der Waals surface area contributed by atoms with Gasteiger partial charge in [0.1, 0.15) is 0 Å². The van der Waals surface area contributed by atoms with E-state index in [0.29, 0.717) is 24.6 Å². The number of carbonyl (C=O) groups is 2. The molecule has 2 saturated heterocycles. The van der Waals surface area contributed by atoms with Crippen LogP contribution in [0.5, 0.6) is 0 Å². The van der Waals surface area contributed by atoms with Crippen LogP contribution < -0.4 is 5.73 Å². The first kappa shape index (κ1) is 17.1. The molecule has 2 aliphatic heterocycles. The molecule has 2 aromatic rings. The number of H-pyrrole nitrogens is 1. The summed E-state index contributed by atoms with van der Waals surface area (Å²) in [5.74, 6) is 0.126. The van der Waals surface area contributed by atoms with Crippen molar-refractivity contribution < 1.29 is 9.59 Å². The van der Waals surface area contributed by atoms with E-state index in [1.165, 1.54) is 0 Å². The summed E-state index contributed by atoms with van der Waals surface area (Å²) < 4.78 is 0. The number of nitrogens with zero attached hydrogens (tertiary/aromatic N) is 2. The van der Waals surface area contributed by atoms with E-state index in [4.69, 9.17) is 5.73 Å². The first-order chi connectivity index (χ1) is 12.5. The Balaban J connectivity index is 1.53. The van der Waals surface area contributed by atoms with Crippen LogP contribution in [0.15, 0.2) is 30.5 Å². The molecular formula is C20H26N4O2. The van der Waals surface area contributed by atoms with Gasteiger partial charge in [-0.2, -0.15) is 0 Å². The zero-order valence-electron chi connectivity index (χ0n) is 15.1. The lowest BCUT2D eigenvalue weighted by molar-refractivity contribution is -0.123. The van der Waals surface area contributed by atoms with Crippen LogP contribution in [0.2, 0.25) is 0 Å². The number of aromatic nitrogens is 1. The quantitative estimate of drug-likeness (QED) is 0.880. The molecule has 6 nitrogen and oxygen atoms in total. The Morgan fingerprint density at radius 1 is 1.15 bits per heavy atom. The van der Waals surface area contributed by atoms with Crippen LogP contribution in [-0.2, 0) is 4.79 Å². The molecule has 2 amide bonds. The maximum Gasteiger partial charge on any atom is 0.253 e. The summed E-state index contributed by atoms with van der Waals surface area (Å²) >= 11 is 0. The molecule has 0 aliphatic carbocycles. The molecule has 6 heteroatoms. The molecular weight excluding hydrogens is 328 g/mol. The first-order valence-corrected chi connectivity index (χ1v) is 9.37. The molecule has 1 aromatic carbocycles. The highest BCUT2D eigenvalue weighted by atomic mass is 16.2. The minimum atomic E-state index is -0.274. The Morgan fingerprint density at radius 3 is 2.65 bits per heavy atom. The Labute approximate surface area is 153 Å². The van der Waals surface area contributed by atoms with E-state index < -0.39 is 0 Å². The van der Waals surface area contributed by atoms with Crippen LogP contribution in [0.25, 0.3) is 10.9 Å². The zero-order chi connectivity index (χ0) is 18.3. The third kappa shape index (κ3) is 3.09. The molecule has 2 aliphatic rings. The smallest absolute Gasteiger partial charge is 0.253 e. The number of hydrogen-bond acceptors (Lipinski definition) is 3. The van der Waals surface area contributed by atoms with Gasteiger partial charge in [-0.1, -0.05) is 6.07 Å². The maximum atomic E-state index is 13.0. The molecule has 26 heavy (non-hydrogen) atoms. The van der Waals surface area contributed by atoms with Gasteiger partial charge < -0.3 is 20.5 Å². The number of amides is 2. The maximum absolute atomic E-state index is 13.0. The average molecular weight is 354 g/mol. The predicted molar refractivity (Wildman–Crippen MR) is 101 cm³/mol. The molecule has 0 radical (unpaired) electrons. The SMILES string of the molecule is CN1CCC(C2CN(C(=O)c3ccc4cc[nH]c4c3)CC2C(N)=O)CC1. The monoisotopic (exact) mass is 354 g/mol. The summed E-state index contributed by atoms with van der Waals surface area (Å²) in [6.07, 6.45) is 4.01. The second-order valence-corrected chi connectivity index (χ2v) is 7.80. The third-order valence-corrected chi connectivity index (χ3v) is 6.19. The minimum Gasteiger partial charge on any atom is -0.369 e. The van der Waals surface area contributed by atoms with Crippen LogP contribution >= 0.6 is 0 Å². The number of nitrogens with two attached hydrogens (primary N) is 1. The summed E-state index contributed by atoms with van der Waals surface area (Å²) in [7, 11) is 2.13. The number of benzene rings is 1. The molecule has 1 aromatic heterocycles. The van der Waals surface area contributed by atoms with Gasteiger partial charge in [-0.15, -0.1) is 0 Å². The predicted octanol–water partition coefficient (Wildman–Crippen LogP) is 1.68. The van der Waals surface area contributed by atoms with Crippen molar-refractivity contribution in [3.8, 4) is 0 Å². The first-order valence-electron chi connectivity index (χ1n) is 9.37. The molecule has 2 unspecified atom stereocenters. The van der Waals surface area contributed by atoms with Crippen molar-refractivity contribution in [3.05, 3.63) is 36.0 Å². The highest BCUT2D eigenvalue weighted by molar-refractivity contribution is 5.98. The van der Waals surface area contributed by atoms with E-state index in [1.807, 2.05) is 35.4 Å². The van der Waals surface area contributed by atoms with Gasteiger partial charge in [0, 0.05) is 30.4 Å². The lowest BCUT2D eigenvalue weighted by Gasteiger charge is -2.34. The Hall–Kier alpha value is -2.34. The van der Waals surface area contributed by atoms with Crippen molar-refractivity contribution in [3.63, 3.8) is 0 Å². The number of nitrogens with one attached hydrogen (secondary N) is 1. The number of fused-ring (bicyclic) bond motifs is 1. The highest BCUT2D eigenvalue weighted by Crippen LogP contribution is 2.36. The summed E-state index contributed by atoms with van der Waals surface area (Å²) in [6, 6.07) is 7.69. The van der Waals surface area contributed by atoms with E-state index in [9.17, 15) is 9.59 Å². The lowest BCUT2D eigenvalue weighted by Crippen LogP contribution is -2.38. The number of piperidine rings is 1. The molecule has 0 bridgehead atoms. The molecule has 0 spiro atoms. The second-order valence-electron chi connectivity index (χ2n) is 7.80. The van der Waals surface area contributed by atoms with Gasteiger partial charge >= 0.3 is 0 Å². The zero-order valence-corrected chi connectivity index (χ0v) is 15.1. The van der Waals surface area contributed by atoms with Crippen molar-refractivity contribution in [2.24, 2.45) is 23.5 Å². The number of rotatable bonds is 3. The van der Waals surface area contributed by atoms with Crippen LogP contribution in [0.3, 0.4) is 0 Å². The fraction of sp³-hybridized carbons (Fsp3) is 0.500. The van der Waals surface area contributed by atoms with Gasteiger partial charge in [0.25, 0.3) is 5.91 Å². The molecule has 3 heterocycles. The average Bonchev–Trinajstić information content (AvgIpc) is 3.28. The van der Waals surface area contributed by atoms with Crippen molar-refractivity contribution in [1.82, 2.24) is 14.8 Å². The molecule has 4 rings (SSSR count).